The summed E-state index contributed by atoms with van der Waals surface area (Å²) in [6.07, 6.45) is 2.90. The predicted molar refractivity (Wildman–Crippen MR) is 65.4 cm³/mol. The average molecular weight is 220 g/mol. The summed E-state index contributed by atoms with van der Waals surface area (Å²) in [4.78, 5) is 20.6. The van der Waals surface area contributed by atoms with Gasteiger partial charge < -0.3 is 10.6 Å². The lowest BCUT2D eigenvalue weighted by Gasteiger charge is -2.28. The molecule has 0 fully saturated rings. The molecule has 0 bridgehead atoms. The number of nitrogens with one attached hydrogen (secondary N) is 1. The van der Waals surface area contributed by atoms with Crippen LogP contribution in [0.25, 0.3) is 6.08 Å². The molecule has 5 nitrogen and oxygen atoms in total. The summed E-state index contributed by atoms with van der Waals surface area (Å²) in [5.41, 5.74) is 7.18. The average Bonchev–Trinajstić information content (AvgIpc) is 2.20. The number of nitrogens with two attached hydrogens (primary N) is 1. The molecule has 5 heteroatoms. The maximum Gasteiger partial charge on any atom is 0.261 e. The van der Waals surface area contributed by atoms with E-state index in [2.05, 4.69) is 21.8 Å². The van der Waals surface area contributed by atoms with Gasteiger partial charge in [-0.25, -0.2) is 0 Å². The topological polar surface area (TPSA) is 75.0 Å². The summed E-state index contributed by atoms with van der Waals surface area (Å²) in [5.74, 6) is 0.881. The second-order valence-electron chi connectivity index (χ2n) is 4.10. The third-order valence-electron chi connectivity index (χ3n) is 2.58. The monoisotopic (exact) mass is 220 g/mol. The van der Waals surface area contributed by atoms with Crippen LogP contribution in [-0.2, 0) is 0 Å². The summed E-state index contributed by atoms with van der Waals surface area (Å²) < 4.78 is 0. The van der Waals surface area contributed by atoms with Crippen molar-refractivity contribution in [3.05, 3.63) is 21.5 Å². The summed E-state index contributed by atoms with van der Waals surface area (Å²) in [7, 11) is 0. The van der Waals surface area contributed by atoms with Crippen molar-refractivity contribution >= 4 is 17.8 Å². The first-order chi connectivity index (χ1) is 7.61. The molecule has 0 aliphatic carbocycles. The van der Waals surface area contributed by atoms with Crippen molar-refractivity contribution in [1.29, 1.82) is 0 Å². The molecule has 1 aliphatic heterocycles. The van der Waals surface area contributed by atoms with E-state index in [0.717, 1.165) is 25.1 Å². The molecule has 2 rings (SSSR count). The lowest BCUT2D eigenvalue weighted by Crippen LogP contribution is -2.33. The van der Waals surface area contributed by atoms with Crippen molar-refractivity contribution < 1.29 is 0 Å². The SMILES string of the molecule is CCCN1CC(C)=Cc2c1nc(N)[nH]c2=O. The van der Waals surface area contributed by atoms with E-state index in [1.807, 2.05) is 13.0 Å². The van der Waals surface area contributed by atoms with E-state index < -0.39 is 0 Å². The summed E-state index contributed by atoms with van der Waals surface area (Å²) in [6, 6.07) is 0. The minimum absolute atomic E-state index is 0.164. The van der Waals surface area contributed by atoms with Gasteiger partial charge in [-0.05, 0) is 19.4 Å². The van der Waals surface area contributed by atoms with Crippen molar-refractivity contribution in [2.24, 2.45) is 0 Å². The number of nitrogen functional groups attached to an aromatic ring is 1. The fourth-order valence-electron chi connectivity index (χ4n) is 1.98. The van der Waals surface area contributed by atoms with Crippen LogP contribution in [0.3, 0.4) is 0 Å². The fraction of sp³-hybridized carbons (Fsp3) is 0.455. The second kappa shape index (κ2) is 4.00. The number of hydrogen-bond acceptors (Lipinski definition) is 4. The molecule has 0 aromatic carbocycles. The molecular weight excluding hydrogens is 204 g/mol. The number of aromatic nitrogens is 2. The molecule has 0 spiro atoms. The van der Waals surface area contributed by atoms with Crippen LogP contribution in [0.15, 0.2) is 10.4 Å². The van der Waals surface area contributed by atoms with Gasteiger partial charge in [-0.3, -0.25) is 9.78 Å². The van der Waals surface area contributed by atoms with Crippen LogP contribution >= 0.6 is 0 Å². The van der Waals surface area contributed by atoms with Gasteiger partial charge in [-0.2, -0.15) is 4.98 Å². The van der Waals surface area contributed by atoms with E-state index in [4.69, 9.17) is 5.73 Å². The zero-order valence-electron chi connectivity index (χ0n) is 9.58. The summed E-state index contributed by atoms with van der Waals surface area (Å²) in [6.45, 7) is 5.82. The molecule has 86 valence electrons. The van der Waals surface area contributed by atoms with Gasteiger partial charge in [-0.1, -0.05) is 12.5 Å². The van der Waals surface area contributed by atoms with Gasteiger partial charge in [0.05, 0.1) is 5.56 Å². The molecule has 1 aliphatic rings. The Balaban J connectivity index is 2.56. The number of aromatic amines is 1. The molecule has 0 atom stereocenters. The second-order valence-corrected chi connectivity index (χ2v) is 4.10. The Kier molecular flexibility index (Phi) is 2.68. The molecular formula is C11H16N4O. The van der Waals surface area contributed by atoms with E-state index in [-0.39, 0.29) is 11.5 Å². The highest BCUT2D eigenvalue weighted by molar-refractivity contribution is 5.70. The van der Waals surface area contributed by atoms with Gasteiger partial charge in [0.2, 0.25) is 5.95 Å². The van der Waals surface area contributed by atoms with E-state index in [1.54, 1.807) is 0 Å². The first-order valence-electron chi connectivity index (χ1n) is 5.43. The van der Waals surface area contributed by atoms with Crippen LogP contribution in [0, 0.1) is 0 Å². The Labute approximate surface area is 94.0 Å². The first-order valence-corrected chi connectivity index (χ1v) is 5.43. The molecule has 0 unspecified atom stereocenters. The number of nitrogens with zero attached hydrogens (tertiary/aromatic N) is 2. The fourth-order valence-corrected chi connectivity index (χ4v) is 1.98. The third-order valence-corrected chi connectivity index (χ3v) is 2.58. The highest BCUT2D eigenvalue weighted by Gasteiger charge is 2.19. The minimum Gasteiger partial charge on any atom is -0.369 e. The molecule has 0 saturated carbocycles. The normalized spacial score (nSPS) is 14.6. The Morgan fingerprint density at radius 2 is 2.38 bits per heavy atom. The van der Waals surface area contributed by atoms with Crippen molar-refractivity contribution in [1.82, 2.24) is 9.97 Å². The smallest absolute Gasteiger partial charge is 0.261 e. The zero-order chi connectivity index (χ0) is 11.7. The minimum atomic E-state index is -0.164. The Bertz CT molecular complexity index is 489. The number of hydrogen-bond donors (Lipinski definition) is 2. The van der Waals surface area contributed by atoms with Crippen LogP contribution in [0.2, 0.25) is 0 Å². The third kappa shape index (κ3) is 1.80. The molecule has 3 N–H and O–H groups in total. The standard InChI is InChI=1S/C11H16N4O/c1-3-4-15-6-7(2)5-8-9(15)13-11(12)14-10(8)16/h5H,3-4,6H2,1-2H3,(H3,12,13,14,16). The number of H-pyrrole nitrogens is 1. The summed E-state index contributed by atoms with van der Waals surface area (Å²) in [5, 5.41) is 0. The number of anilines is 2. The van der Waals surface area contributed by atoms with Crippen molar-refractivity contribution in [2.45, 2.75) is 20.3 Å². The zero-order valence-corrected chi connectivity index (χ0v) is 9.58. The van der Waals surface area contributed by atoms with Gasteiger partial charge >= 0.3 is 0 Å². The largest absolute Gasteiger partial charge is 0.369 e. The molecule has 0 saturated heterocycles. The Morgan fingerprint density at radius 3 is 3.06 bits per heavy atom. The highest BCUT2D eigenvalue weighted by atomic mass is 16.1. The molecule has 1 aromatic rings. The molecule has 0 radical (unpaired) electrons. The van der Waals surface area contributed by atoms with Gasteiger partial charge in [0.15, 0.2) is 0 Å². The van der Waals surface area contributed by atoms with E-state index >= 15 is 0 Å². The van der Waals surface area contributed by atoms with Crippen molar-refractivity contribution in [3.63, 3.8) is 0 Å². The van der Waals surface area contributed by atoms with Gasteiger partial charge in [-0.15, -0.1) is 0 Å². The highest BCUT2D eigenvalue weighted by Crippen LogP contribution is 2.24. The van der Waals surface area contributed by atoms with Gasteiger partial charge in [0.1, 0.15) is 5.82 Å². The quantitative estimate of drug-likeness (QED) is 0.779. The summed E-state index contributed by atoms with van der Waals surface area (Å²) >= 11 is 0. The molecule has 16 heavy (non-hydrogen) atoms. The number of rotatable bonds is 2. The van der Waals surface area contributed by atoms with Gasteiger partial charge in [0, 0.05) is 13.1 Å². The Morgan fingerprint density at radius 1 is 1.62 bits per heavy atom. The van der Waals surface area contributed by atoms with Crippen LogP contribution in [0.5, 0.6) is 0 Å². The molecule has 1 aromatic heterocycles. The number of fused-ring (bicyclic) bond motifs is 1. The van der Waals surface area contributed by atoms with Crippen LogP contribution in [0.1, 0.15) is 25.8 Å². The molecule has 0 amide bonds. The van der Waals surface area contributed by atoms with E-state index in [9.17, 15) is 4.79 Å². The first kappa shape index (κ1) is 10.7. The lowest BCUT2D eigenvalue weighted by atomic mass is 10.1. The maximum absolute atomic E-state index is 11.7. The lowest BCUT2D eigenvalue weighted by molar-refractivity contribution is 0.778. The van der Waals surface area contributed by atoms with Crippen molar-refractivity contribution in [2.75, 3.05) is 23.7 Å². The van der Waals surface area contributed by atoms with Gasteiger partial charge in [0.25, 0.3) is 5.56 Å². The maximum atomic E-state index is 11.7. The van der Waals surface area contributed by atoms with E-state index in [1.165, 1.54) is 0 Å². The Hall–Kier alpha value is -1.78. The van der Waals surface area contributed by atoms with Crippen molar-refractivity contribution in [3.8, 4) is 0 Å². The molecule has 2 heterocycles. The van der Waals surface area contributed by atoms with Crippen LogP contribution in [-0.4, -0.2) is 23.1 Å². The predicted octanol–water partition coefficient (Wildman–Crippen LogP) is 0.985. The van der Waals surface area contributed by atoms with Crippen LogP contribution < -0.4 is 16.2 Å². The van der Waals surface area contributed by atoms with E-state index in [0.29, 0.717) is 11.4 Å². The van der Waals surface area contributed by atoms with Crippen LogP contribution in [0.4, 0.5) is 11.8 Å².